The van der Waals surface area contributed by atoms with Crippen LogP contribution in [0.2, 0.25) is 0 Å². The number of carbonyl (C=O) groups excluding carboxylic acids is 2. The molecule has 2 N–H and O–H groups in total. The molecule has 0 aliphatic carbocycles. The van der Waals surface area contributed by atoms with E-state index in [0.29, 0.717) is 26.3 Å². The highest BCUT2D eigenvalue weighted by Crippen LogP contribution is 2.15. The monoisotopic (exact) mass is 306 g/mol. The van der Waals surface area contributed by atoms with Gasteiger partial charge in [-0.3, -0.25) is 9.59 Å². The van der Waals surface area contributed by atoms with Crippen LogP contribution in [0.4, 0.5) is 0 Å². The number of hydrogen-bond donors (Lipinski definition) is 2. The lowest BCUT2D eigenvalue weighted by Crippen LogP contribution is -2.53. The third-order valence-corrected chi connectivity index (χ3v) is 3.81. The maximum atomic E-state index is 12.3. The van der Waals surface area contributed by atoms with Crippen molar-refractivity contribution in [3.05, 3.63) is 35.9 Å². The second kappa shape index (κ2) is 7.91. The van der Waals surface area contributed by atoms with Crippen molar-refractivity contribution in [2.45, 2.75) is 18.9 Å². The molecule has 6 nitrogen and oxygen atoms in total. The summed E-state index contributed by atoms with van der Waals surface area (Å²) in [6.07, 6.45) is 0. The molecule has 120 valence electrons. The molecule has 0 radical (unpaired) electrons. The molecule has 2 atom stereocenters. The first-order chi connectivity index (χ1) is 10.6. The number of ether oxygens (including phenoxy) is 1. The number of benzene rings is 1. The fraction of sp³-hybridized carbons (Fsp3) is 0.500. The number of hydrogen-bond acceptors (Lipinski definition) is 4. The van der Waals surface area contributed by atoms with Crippen molar-refractivity contribution >= 4 is 11.8 Å². The second-order valence-corrected chi connectivity index (χ2v) is 5.31. The zero-order chi connectivity index (χ0) is 15.9. The molecule has 6 heteroatoms. The van der Waals surface area contributed by atoms with E-state index in [1.54, 1.807) is 11.8 Å². The van der Waals surface area contributed by atoms with Crippen molar-refractivity contribution in [2.24, 2.45) is 0 Å². The summed E-state index contributed by atoms with van der Waals surface area (Å²) in [6, 6.07) is 8.43. The molecule has 0 saturated carbocycles. The molecule has 0 spiro atoms. The zero-order valence-electron chi connectivity index (χ0n) is 12.7. The molecule has 0 aromatic heterocycles. The summed E-state index contributed by atoms with van der Waals surface area (Å²) < 4.78 is 5.20. The maximum absolute atomic E-state index is 12.3. The van der Waals surface area contributed by atoms with E-state index in [-0.39, 0.29) is 17.7 Å². The first-order valence-electron chi connectivity index (χ1n) is 7.46. The van der Waals surface area contributed by atoms with Gasteiger partial charge in [0.1, 0.15) is 6.04 Å². The Bertz CT molecular complexity index is 500. The van der Waals surface area contributed by atoms with Crippen LogP contribution in [-0.4, -0.2) is 60.8 Å². The SMILES string of the molecule is CC(C(=O)NC(CO)C(=O)N1CCOCC1)c1ccccc1. The summed E-state index contributed by atoms with van der Waals surface area (Å²) in [5, 5.41) is 12.1. The maximum Gasteiger partial charge on any atom is 0.247 e. The number of amides is 2. The number of aliphatic hydroxyl groups is 1. The van der Waals surface area contributed by atoms with Crippen LogP contribution < -0.4 is 5.32 Å². The molecule has 0 bridgehead atoms. The van der Waals surface area contributed by atoms with Crippen LogP contribution in [0.5, 0.6) is 0 Å². The Kier molecular flexibility index (Phi) is 5.91. The van der Waals surface area contributed by atoms with Crippen LogP contribution in [-0.2, 0) is 14.3 Å². The Labute approximate surface area is 130 Å². The highest BCUT2D eigenvalue weighted by molar-refractivity contribution is 5.90. The highest BCUT2D eigenvalue weighted by Gasteiger charge is 2.28. The summed E-state index contributed by atoms with van der Waals surface area (Å²) in [6.45, 7) is 3.30. The van der Waals surface area contributed by atoms with Gasteiger partial charge in [-0.1, -0.05) is 30.3 Å². The highest BCUT2D eigenvalue weighted by atomic mass is 16.5. The summed E-state index contributed by atoms with van der Waals surface area (Å²) in [7, 11) is 0. The predicted molar refractivity (Wildman–Crippen MR) is 81.3 cm³/mol. The van der Waals surface area contributed by atoms with Crippen LogP contribution in [0, 0.1) is 0 Å². The summed E-state index contributed by atoms with van der Waals surface area (Å²) in [5.41, 5.74) is 0.871. The van der Waals surface area contributed by atoms with Crippen molar-refractivity contribution in [2.75, 3.05) is 32.9 Å². The average Bonchev–Trinajstić information content (AvgIpc) is 2.59. The quantitative estimate of drug-likeness (QED) is 0.810. The van der Waals surface area contributed by atoms with Crippen LogP contribution in [0.1, 0.15) is 18.4 Å². The van der Waals surface area contributed by atoms with E-state index in [1.165, 1.54) is 0 Å². The molecule has 2 rings (SSSR count). The Morgan fingerprint density at radius 1 is 1.27 bits per heavy atom. The normalized spacial score (nSPS) is 17.6. The smallest absolute Gasteiger partial charge is 0.247 e. The van der Waals surface area contributed by atoms with E-state index in [4.69, 9.17) is 4.74 Å². The van der Waals surface area contributed by atoms with Crippen molar-refractivity contribution in [3.63, 3.8) is 0 Å². The standard InChI is InChI=1S/C16H22N2O4/c1-12(13-5-3-2-4-6-13)15(20)17-14(11-19)16(21)18-7-9-22-10-8-18/h2-6,12,14,19H,7-11H2,1H3,(H,17,20). The van der Waals surface area contributed by atoms with Crippen molar-refractivity contribution < 1.29 is 19.4 Å². The Morgan fingerprint density at radius 3 is 2.50 bits per heavy atom. The van der Waals surface area contributed by atoms with Crippen LogP contribution in [0.15, 0.2) is 30.3 Å². The number of rotatable bonds is 5. The lowest BCUT2D eigenvalue weighted by molar-refractivity contribution is -0.141. The third-order valence-electron chi connectivity index (χ3n) is 3.81. The molecule has 1 aromatic rings. The largest absolute Gasteiger partial charge is 0.394 e. The second-order valence-electron chi connectivity index (χ2n) is 5.31. The van der Waals surface area contributed by atoms with E-state index in [2.05, 4.69) is 5.32 Å². The fourth-order valence-electron chi connectivity index (χ4n) is 2.38. The molecule has 1 aliphatic rings. The number of aliphatic hydroxyl groups excluding tert-OH is 1. The van der Waals surface area contributed by atoms with Crippen molar-refractivity contribution in [1.29, 1.82) is 0 Å². The lowest BCUT2D eigenvalue weighted by atomic mass is 10.00. The number of nitrogens with one attached hydrogen (secondary N) is 1. The van der Waals surface area contributed by atoms with Gasteiger partial charge < -0.3 is 20.1 Å². The minimum Gasteiger partial charge on any atom is -0.394 e. The van der Waals surface area contributed by atoms with E-state index < -0.39 is 12.6 Å². The van der Waals surface area contributed by atoms with Crippen LogP contribution in [0.3, 0.4) is 0 Å². The van der Waals surface area contributed by atoms with E-state index in [1.807, 2.05) is 30.3 Å². The van der Waals surface area contributed by atoms with Crippen molar-refractivity contribution in [1.82, 2.24) is 10.2 Å². The van der Waals surface area contributed by atoms with Gasteiger partial charge in [0.2, 0.25) is 11.8 Å². The van der Waals surface area contributed by atoms with Gasteiger partial charge in [0.25, 0.3) is 0 Å². The average molecular weight is 306 g/mol. The molecule has 1 saturated heterocycles. The number of morpholine rings is 1. The zero-order valence-corrected chi connectivity index (χ0v) is 12.7. The molecule has 1 heterocycles. The molecule has 1 aromatic carbocycles. The van der Waals surface area contributed by atoms with Gasteiger partial charge in [0, 0.05) is 13.1 Å². The number of nitrogens with zero attached hydrogens (tertiary/aromatic N) is 1. The molecule has 2 amide bonds. The van der Waals surface area contributed by atoms with Gasteiger partial charge in [-0.15, -0.1) is 0 Å². The van der Waals surface area contributed by atoms with Crippen LogP contribution in [0.25, 0.3) is 0 Å². The Balaban J connectivity index is 1.96. The molecule has 2 unspecified atom stereocenters. The molecular formula is C16H22N2O4. The van der Waals surface area contributed by atoms with Gasteiger partial charge in [0.15, 0.2) is 0 Å². The minimum absolute atomic E-state index is 0.264. The van der Waals surface area contributed by atoms with E-state index in [0.717, 1.165) is 5.56 Å². The Hall–Kier alpha value is -1.92. The Morgan fingerprint density at radius 2 is 1.91 bits per heavy atom. The molecular weight excluding hydrogens is 284 g/mol. The molecule has 1 aliphatic heterocycles. The van der Waals surface area contributed by atoms with E-state index >= 15 is 0 Å². The molecule has 22 heavy (non-hydrogen) atoms. The van der Waals surface area contributed by atoms with Gasteiger partial charge in [0.05, 0.1) is 25.7 Å². The first kappa shape index (κ1) is 16.5. The fourth-order valence-corrected chi connectivity index (χ4v) is 2.38. The lowest BCUT2D eigenvalue weighted by Gasteiger charge is -2.30. The van der Waals surface area contributed by atoms with E-state index in [9.17, 15) is 14.7 Å². The van der Waals surface area contributed by atoms with Crippen LogP contribution >= 0.6 is 0 Å². The van der Waals surface area contributed by atoms with Gasteiger partial charge in [-0.25, -0.2) is 0 Å². The first-order valence-corrected chi connectivity index (χ1v) is 7.46. The molecule has 1 fully saturated rings. The summed E-state index contributed by atoms with van der Waals surface area (Å²) in [4.78, 5) is 26.2. The van der Waals surface area contributed by atoms with Gasteiger partial charge in [-0.2, -0.15) is 0 Å². The van der Waals surface area contributed by atoms with Gasteiger partial charge in [-0.05, 0) is 12.5 Å². The van der Waals surface area contributed by atoms with Crippen molar-refractivity contribution in [3.8, 4) is 0 Å². The number of carbonyl (C=O) groups is 2. The topological polar surface area (TPSA) is 78.9 Å². The summed E-state index contributed by atoms with van der Waals surface area (Å²) >= 11 is 0. The van der Waals surface area contributed by atoms with Gasteiger partial charge >= 0.3 is 0 Å². The minimum atomic E-state index is -0.906. The summed E-state index contributed by atoms with van der Waals surface area (Å²) in [5.74, 6) is -0.918. The predicted octanol–water partition coefficient (Wildman–Crippen LogP) is 0.126. The third kappa shape index (κ3) is 4.05.